The molecule has 1 aromatic rings. The zero-order chi connectivity index (χ0) is 12.1. The lowest BCUT2D eigenvalue weighted by Crippen LogP contribution is -2.34. The fraction of sp³-hybridized carbons (Fsp3) is 0.400. The Kier molecular flexibility index (Phi) is 4.21. The van der Waals surface area contributed by atoms with Crippen molar-refractivity contribution in [1.82, 2.24) is 5.32 Å². The Labute approximate surface area is 91.9 Å². The van der Waals surface area contributed by atoms with Crippen LogP contribution in [0.1, 0.15) is 29.1 Å². The van der Waals surface area contributed by atoms with Gasteiger partial charge in [-0.05, 0) is 6.07 Å². The summed E-state index contributed by atoms with van der Waals surface area (Å²) in [5.74, 6) is -0.344. The number of hydrogen-bond acceptors (Lipinski definition) is 5. The van der Waals surface area contributed by atoms with E-state index in [1.54, 1.807) is 0 Å². The summed E-state index contributed by atoms with van der Waals surface area (Å²) in [6.45, 7) is 1.20. The van der Waals surface area contributed by atoms with Gasteiger partial charge in [-0.2, -0.15) is 0 Å². The van der Waals surface area contributed by atoms with Gasteiger partial charge in [-0.3, -0.25) is 9.59 Å². The van der Waals surface area contributed by atoms with Crippen molar-refractivity contribution in [1.29, 1.82) is 0 Å². The normalized spacial score (nSPS) is 14.2. The molecule has 1 amide bonds. The van der Waals surface area contributed by atoms with E-state index < -0.39 is 12.2 Å². The highest BCUT2D eigenvalue weighted by Crippen LogP contribution is 2.20. The van der Waals surface area contributed by atoms with Crippen LogP contribution in [0.5, 0.6) is 0 Å². The number of aliphatic hydroxyl groups excluding tert-OH is 2. The van der Waals surface area contributed by atoms with E-state index >= 15 is 0 Å². The zero-order valence-electron chi connectivity index (χ0n) is 8.71. The molecule has 1 rings (SSSR count). The Morgan fingerprint density at radius 3 is 2.88 bits per heavy atom. The molecule has 1 aromatic heterocycles. The van der Waals surface area contributed by atoms with Crippen molar-refractivity contribution >= 4 is 12.2 Å². The van der Waals surface area contributed by atoms with Gasteiger partial charge >= 0.3 is 0 Å². The van der Waals surface area contributed by atoms with E-state index in [0.717, 1.165) is 0 Å². The maximum Gasteiger partial charge on any atom is 0.216 e. The van der Waals surface area contributed by atoms with Gasteiger partial charge in [0, 0.05) is 19.0 Å². The van der Waals surface area contributed by atoms with Crippen LogP contribution in [-0.4, -0.2) is 35.1 Å². The second kappa shape index (κ2) is 5.43. The number of rotatable bonds is 5. The molecule has 0 radical (unpaired) electrons. The molecule has 2 unspecified atom stereocenters. The van der Waals surface area contributed by atoms with E-state index in [4.69, 9.17) is 4.42 Å². The van der Waals surface area contributed by atoms with Crippen LogP contribution in [0.25, 0.3) is 0 Å². The van der Waals surface area contributed by atoms with Crippen LogP contribution in [0.4, 0.5) is 0 Å². The van der Waals surface area contributed by atoms with Crippen molar-refractivity contribution in [3.8, 4) is 0 Å². The molecule has 0 aliphatic rings. The third-order valence-electron chi connectivity index (χ3n) is 2.08. The number of aliphatic hydroxyl groups is 2. The first kappa shape index (κ1) is 12.4. The van der Waals surface area contributed by atoms with Crippen LogP contribution < -0.4 is 5.32 Å². The first-order valence-electron chi connectivity index (χ1n) is 4.69. The Morgan fingerprint density at radius 1 is 1.62 bits per heavy atom. The summed E-state index contributed by atoms with van der Waals surface area (Å²) >= 11 is 0. The topological polar surface area (TPSA) is 99.8 Å². The van der Waals surface area contributed by atoms with E-state index in [-0.39, 0.29) is 23.8 Å². The minimum absolute atomic E-state index is 0.0330. The summed E-state index contributed by atoms with van der Waals surface area (Å²) in [7, 11) is 0. The number of furan rings is 1. The molecule has 0 saturated heterocycles. The predicted octanol–water partition coefficient (Wildman–Crippen LogP) is -0.378. The minimum Gasteiger partial charge on any atom is -0.461 e. The third-order valence-corrected chi connectivity index (χ3v) is 2.08. The lowest BCUT2D eigenvalue weighted by molar-refractivity contribution is -0.119. The maximum atomic E-state index is 10.6. The second-order valence-electron chi connectivity index (χ2n) is 3.31. The number of amides is 1. The molecule has 0 aliphatic carbocycles. The molecule has 0 spiro atoms. The van der Waals surface area contributed by atoms with Crippen LogP contribution >= 0.6 is 0 Å². The minimum atomic E-state index is -1.27. The number of carbonyl (C=O) groups is 2. The molecule has 0 bridgehead atoms. The van der Waals surface area contributed by atoms with Crippen LogP contribution in [0.3, 0.4) is 0 Å². The Balaban J connectivity index is 2.66. The monoisotopic (exact) mass is 227 g/mol. The van der Waals surface area contributed by atoms with Gasteiger partial charge < -0.3 is 19.9 Å². The molecule has 0 aromatic carbocycles. The first-order chi connectivity index (χ1) is 7.56. The van der Waals surface area contributed by atoms with Gasteiger partial charge in [0.1, 0.15) is 12.2 Å². The number of carbonyl (C=O) groups excluding carboxylic acids is 2. The Morgan fingerprint density at radius 2 is 2.31 bits per heavy atom. The maximum absolute atomic E-state index is 10.6. The average molecular weight is 227 g/mol. The highest BCUT2D eigenvalue weighted by Gasteiger charge is 2.22. The fourth-order valence-corrected chi connectivity index (χ4v) is 1.24. The highest BCUT2D eigenvalue weighted by atomic mass is 16.3. The van der Waals surface area contributed by atoms with Crippen molar-refractivity contribution in [2.75, 3.05) is 6.54 Å². The molecule has 0 saturated carbocycles. The van der Waals surface area contributed by atoms with E-state index in [9.17, 15) is 19.8 Å². The quantitative estimate of drug-likeness (QED) is 0.595. The molecular weight excluding hydrogens is 214 g/mol. The van der Waals surface area contributed by atoms with Crippen LogP contribution in [0.2, 0.25) is 0 Å². The fourth-order valence-electron chi connectivity index (χ4n) is 1.24. The van der Waals surface area contributed by atoms with Crippen molar-refractivity contribution in [2.24, 2.45) is 0 Å². The van der Waals surface area contributed by atoms with Crippen LogP contribution in [-0.2, 0) is 4.79 Å². The van der Waals surface area contributed by atoms with Gasteiger partial charge in [0.15, 0.2) is 12.0 Å². The van der Waals surface area contributed by atoms with E-state index in [1.165, 1.54) is 19.3 Å². The van der Waals surface area contributed by atoms with Crippen LogP contribution in [0.15, 0.2) is 16.7 Å². The summed E-state index contributed by atoms with van der Waals surface area (Å²) in [6.07, 6.45) is -0.775. The van der Waals surface area contributed by atoms with Crippen molar-refractivity contribution in [3.05, 3.63) is 23.7 Å². The van der Waals surface area contributed by atoms with Gasteiger partial charge in [-0.25, -0.2) is 0 Å². The molecule has 1 heterocycles. The lowest BCUT2D eigenvalue weighted by Gasteiger charge is -2.17. The predicted molar refractivity (Wildman–Crippen MR) is 53.7 cm³/mol. The number of nitrogens with one attached hydrogen (secondary N) is 1. The van der Waals surface area contributed by atoms with Gasteiger partial charge in [-0.15, -0.1) is 0 Å². The zero-order valence-corrected chi connectivity index (χ0v) is 8.71. The van der Waals surface area contributed by atoms with Gasteiger partial charge in [0.05, 0.1) is 6.26 Å². The summed E-state index contributed by atoms with van der Waals surface area (Å²) < 4.78 is 4.78. The van der Waals surface area contributed by atoms with Crippen LogP contribution in [0, 0.1) is 0 Å². The third kappa shape index (κ3) is 2.91. The molecular formula is C10H13NO5. The molecule has 2 atom stereocenters. The standard InChI is InChI=1S/C10H13NO5/c1-6(13)11-4-8(14)10(15)7-2-3-16-9(7)5-12/h2-3,5,8,10,14-15H,4H2,1H3,(H,11,13). The van der Waals surface area contributed by atoms with Crippen molar-refractivity contribution < 1.29 is 24.2 Å². The Hall–Kier alpha value is -1.66. The van der Waals surface area contributed by atoms with Gasteiger partial charge in [0.2, 0.25) is 5.91 Å². The van der Waals surface area contributed by atoms with Crippen molar-refractivity contribution in [2.45, 2.75) is 19.1 Å². The van der Waals surface area contributed by atoms with Crippen molar-refractivity contribution in [3.63, 3.8) is 0 Å². The summed E-state index contributed by atoms with van der Waals surface area (Å²) in [4.78, 5) is 21.1. The van der Waals surface area contributed by atoms with Gasteiger partial charge in [-0.1, -0.05) is 0 Å². The molecule has 0 fully saturated rings. The number of hydrogen-bond donors (Lipinski definition) is 3. The van der Waals surface area contributed by atoms with E-state index in [2.05, 4.69) is 5.32 Å². The van der Waals surface area contributed by atoms with E-state index in [0.29, 0.717) is 6.29 Å². The average Bonchev–Trinajstić information content (AvgIpc) is 2.72. The second-order valence-corrected chi connectivity index (χ2v) is 3.31. The lowest BCUT2D eigenvalue weighted by atomic mass is 10.1. The van der Waals surface area contributed by atoms with E-state index in [1.807, 2.05) is 0 Å². The molecule has 3 N–H and O–H groups in total. The Bertz CT molecular complexity index is 373. The molecule has 6 heteroatoms. The SMILES string of the molecule is CC(=O)NCC(O)C(O)c1ccoc1C=O. The largest absolute Gasteiger partial charge is 0.461 e. The molecule has 88 valence electrons. The summed E-state index contributed by atoms with van der Waals surface area (Å²) in [5.41, 5.74) is 0.202. The number of aldehydes is 1. The smallest absolute Gasteiger partial charge is 0.216 e. The summed E-state index contributed by atoms with van der Waals surface area (Å²) in [5, 5.41) is 21.6. The van der Waals surface area contributed by atoms with Gasteiger partial charge in [0.25, 0.3) is 0 Å². The first-order valence-corrected chi connectivity index (χ1v) is 4.69. The summed E-state index contributed by atoms with van der Waals surface area (Å²) in [6, 6.07) is 1.39. The highest BCUT2D eigenvalue weighted by molar-refractivity contribution is 5.73. The molecule has 6 nitrogen and oxygen atoms in total. The molecule has 16 heavy (non-hydrogen) atoms. The molecule has 0 aliphatic heterocycles.